The minimum absolute atomic E-state index is 0.0368. The number of rotatable bonds is 2. The monoisotopic (exact) mass is 269 g/mol. The molecule has 1 saturated carbocycles. The van der Waals surface area contributed by atoms with E-state index in [0.717, 1.165) is 31.6 Å². The summed E-state index contributed by atoms with van der Waals surface area (Å²) in [6, 6.07) is 0. The average molecular weight is 269 g/mol. The minimum Gasteiger partial charge on any atom is -0.409 e. The van der Waals surface area contributed by atoms with Gasteiger partial charge in [0.1, 0.15) is 6.10 Å². The molecule has 6 heteroatoms. The molecular formula is C13H23N3O3. The lowest BCUT2D eigenvalue weighted by atomic mass is 9.82. The topological polar surface area (TPSA) is 88.2 Å². The van der Waals surface area contributed by atoms with Gasteiger partial charge in [-0.2, -0.15) is 0 Å². The lowest BCUT2D eigenvalue weighted by molar-refractivity contribution is -0.142. The molecule has 2 rings (SSSR count). The summed E-state index contributed by atoms with van der Waals surface area (Å²) < 4.78 is 5.41. The molecule has 2 fully saturated rings. The van der Waals surface area contributed by atoms with Gasteiger partial charge in [-0.15, -0.1) is 0 Å². The highest BCUT2D eigenvalue weighted by atomic mass is 16.5. The number of nitrogens with two attached hydrogens (primary N) is 1. The van der Waals surface area contributed by atoms with Crippen molar-refractivity contribution in [3.8, 4) is 0 Å². The zero-order chi connectivity index (χ0) is 13.8. The highest BCUT2D eigenvalue weighted by Gasteiger charge is 2.32. The van der Waals surface area contributed by atoms with Gasteiger partial charge in [0.15, 0.2) is 5.84 Å². The third-order valence-electron chi connectivity index (χ3n) is 4.19. The summed E-state index contributed by atoms with van der Waals surface area (Å²) >= 11 is 0. The lowest BCUT2D eigenvalue weighted by Gasteiger charge is -2.36. The Morgan fingerprint density at radius 1 is 1.37 bits per heavy atom. The van der Waals surface area contributed by atoms with Gasteiger partial charge in [0.05, 0.1) is 13.2 Å². The largest absolute Gasteiger partial charge is 0.409 e. The van der Waals surface area contributed by atoms with Crippen LogP contribution in [0.15, 0.2) is 5.16 Å². The van der Waals surface area contributed by atoms with Gasteiger partial charge in [0.25, 0.3) is 0 Å². The molecule has 19 heavy (non-hydrogen) atoms. The fourth-order valence-electron chi connectivity index (χ4n) is 2.86. The van der Waals surface area contributed by atoms with Crippen LogP contribution in [0.2, 0.25) is 0 Å². The predicted molar refractivity (Wildman–Crippen MR) is 70.9 cm³/mol. The third-order valence-corrected chi connectivity index (χ3v) is 4.19. The molecule has 6 nitrogen and oxygen atoms in total. The van der Waals surface area contributed by atoms with E-state index >= 15 is 0 Å². The molecule has 0 spiro atoms. The number of oxime groups is 1. The van der Waals surface area contributed by atoms with Crippen LogP contribution in [0.4, 0.5) is 0 Å². The zero-order valence-corrected chi connectivity index (χ0v) is 11.4. The van der Waals surface area contributed by atoms with Crippen molar-refractivity contribution >= 4 is 11.7 Å². The molecule has 0 radical (unpaired) electrons. The van der Waals surface area contributed by atoms with E-state index in [0.29, 0.717) is 19.7 Å². The first-order chi connectivity index (χ1) is 9.11. The Morgan fingerprint density at radius 2 is 2.05 bits per heavy atom. The zero-order valence-electron chi connectivity index (χ0n) is 11.4. The van der Waals surface area contributed by atoms with Crippen LogP contribution in [-0.2, 0) is 9.53 Å². The van der Waals surface area contributed by atoms with Gasteiger partial charge in [-0.05, 0) is 31.6 Å². The Bertz CT molecular complexity index is 351. The molecule has 1 heterocycles. The molecule has 108 valence electrons. The average Bonchev–Trinajstić information content (AvgIpc) is 2.46. The van der Waals surface area contributed by atoms with Gasteiger partial charge in [-0.3, -0.25) is 4.79 Å². The van der Waals surface area contributed by atoms with Crippen LogP contribution in [0, 0.1) is 11.8 Å². The van der Waals surface area contributed by atoms with Crippen LogP contribution in [0.5, 0.6) is 0 Å². The van der Waals surface area contributed by atoms with Gasteiger partial charge < -0.3 is 20.6 Å². The maximum absolute atomic E-state index is 12.4. The Balaban J connectivity index is 1.92. The van der Waals surface area contributed by atoms with E-state index in [1.54, 1.807) is 4.90 Å². The van der Waals surface area contributed by atoms with Crippen molar-refractivity contribution in [1.82, 2.24) is 4.90 Å². The molecule has 0 bridgehead atoms. The van der Waals surface area contributed by atoms with Crippen molar-refractivity contribution in [1.29, 1.82) is 0 Å². The lowest BCUT2D eigenvalue weighted by Crippen LogP contribution is -2.52. The Hall–Kier alpha value is -1.30. The normalized spacial score (nSPS) is 33.2. The summed E-state index contributed by atoms with van der Waals surface area (Å²) in [5.41, 5.74) is 5.54. The molecule has 2 aliphatic rings. The van der Waals surface area contributed by atoms with Gasteiger partial charge in [-0.1, -0.05) is 12.1 Å². The number of nitrogens with zero attached hydrogens (tertiary/aromatic N) is 2. The van der Waals surface area contributed by atoms with Crippen LogP contribution in [0.1, 0.15) is 32.6 Å². The van der Waals surface area contributed by atoms with E-state index in [1.165, 1.54) is 0 Å². The molecule has 0 aromatic carbocycles. The highest BCUT2D eigenvalue weighted by Crippen LogP contribution is 2.29. The van der Waals surface area contributed by atoms with E-state index in [4.69, 9.17) is 15.7 Å². The molecule has 1 aliphatic heterocycles. The fraction of sp³-hybridized carbons (Fsp3) is 0.846. The van der Waals surface area contributed by atoms with E-state index in [1.807, 2.05) is 0 Å². The third kappa shape index (κ3) is 3.37. The van der Waals surface area contributed by atoms with Crippen molar-refractivity contribution in [2.24, 2.45) is 22.7 Å². The number of morpholine rings is 1. The first kappa shape index (κ1) is 14.1. The summed E-state index contributed by atoms with van der Waals surface area (Å²) in [6.45, 7) is 3.67. The van der Waals surface area contributed by atoms with Crippen LogP contribution >= 0.6 is 0 Å². The highest BCUT2D eigenvalue weighted by molar-refractivity contribution is 5.86. The number of ether oxygens (including phenoxy) is 1. The van der Waals surface area contributed by atoms with Crippen molar-refractivity contribution in [3.63, 3.8) is 0 Å². The van der Waals surface area contributed by atoms with Gasteiger partial charge in [-0.25, -0.2) is 0 Å². The van der Waals surface area contributed by atoms with Crippen LogP contribution in [0.3, 0.4) is 0 Å². The second-order valence-corrected chi connectivity index (χ2v) is 5.63. The standard InChI is InChI=1S/C13H23N3O3/c1-9-2-4-10(5-3-9)13(17)16-6-7-19-11(8-16)12(14)15-18/h9-11,18H,2-8H2,1H3,(H2,14,15). The summed E-state index contributed by atoms with van der Waals surface area (Å²) in [6.07, 6.45) is 3.73. The number of amides is 1. The number of hydrogen-bond donors (Lipinski definition) is 2. The van der Waals surface area contributed by atoms with Gasteiger partial charge in [0, 0.05) is 12.5 Å². The summed E-state index contributed by atoms with van der Waals surface area (Å²) in [4.78, 5) is 14.2. The number of amidine groups is 1. The molecule has 1 atom stereocenters. The van der Waals surface area contributed by atoms with E-state index < -0.39 is 6.10 Å². The first-order valence-electron chi connectivity index (χ1n) is 6.99. The van der Waals surface area contributed by atoms with Gasteiger partial charge >= 0.3 is 0 Å². The maximum atomic E-state index is 12.4. The van der Waals surface area contributed by atoms with Crippen molar-refractivity contribution < 1.29 is 14.7 Å². The Kier molecular flexibility index (Phi) is 4.63. The second-order valence-electron chi connectivity index (χ2n) is 5.63. The van der Waals surface area contributed by atoms with Crippen molar-refractivity contribution in [2.75, 3.05) is 19.7 Å². The molecule has 0 aromatic heterocycles. The Morgan fingerprint density at radius 3 is 2.68 bits per heavy atom. The van der Waals surface area contributed by atoms with Crippen molar-refractivity contribution in [3.05, 3.63) is 0 Å². The number of hydrogen-bond acceptors (Lipinski definition) is 4. The predicted octanol–water partition coefficient (Wildman–Crippen LogP) is 0.787. The summed E-state index contributed by atoms with van der Waals surface area (Å²) in [5, 5.41) is 11.6. The summed E-state index contributed by atoms with van der Waals surface area (Å²) in [7, 11) is 0. The molecule has 3 N–H and O–H groups in total. The molecule has 1 unspecified atom stereocenters. The Labute approximate surface area is 113 Å². The molecule has 1 saturated heterocycles. The van der Waals surface area contributed by atoms with E-state index in [9.17, 15) is 4.79 Å². The van der Waals surface area contributed by atoms with E-state index in [2.05, 4.69) is 12.1 Å². The molecule has 1 aliphatic carbocycles. The molecule has 0 aromatic rings. The number of carbonyl (C=O) groups excluding carboxylic acids is 1. The van der Waals surface area contributed by atoms with Crippen molar-refractivity contribution in [2.45, 2.75) is 38.7 Å². The molecule has 1 amide bonds. The molecular weight excluding hydrogens is 246 g/mol. The van der Waals surface area contributed by atoms with Crippen LogP contribution < -0.4 is 5.73 Å². The maximum Gasteiger partial charge on any atom is 0.225 e. The minimum atomic E-state index is -0.481. The SMILES string of the molecule is CC1CCC(C(=O)N2CCOC(C(N)=NO)C2)CC1. The first-order valence-corrected chi connectivity index (χ1v) is 6.99. The smallest absolute Gasteiger partial charge is 0.225 e. The number of carbonyl (C=O) groups is 1. The fourth-order valence-corrected chi connectivity index (χ4v) is 2.86. The van der Waals surface area contributed by atoms with Crippen LogP contribution in [0.25, 0.3) is 0 Å². The van der Waals surface area contributed by atoms with Gasteiger partial charge in [0.2, 0.25) is 5.91 Å². The van der Waals surface area contributed by atoms with Crippen LogP contribution in [-0.4, -0.2) is 47.7 Å². The van der Waals surface area contributed by atoms with E-state index in [-0.39, 0.29) is 17.7 Å². The quantitative estimate of drug-likeness (QED) is 0.336. The summed E-state index contributed by atoms with van der Waals surface area (Å²) in [5.74, 6) is 1.11. The second kappa shape index (κ2) is 6.23.